The Hall–Kier alpha value is -3.20. The van der Waals surface area contributed by atoms with Gasteiger partial charge in [0.25, 0.3) is 5.56 Å². The van der Waals surface area contributed by atoms with Gasteiger partial charge in [-0.3, -0.25) is 9.59 Å². The predicted octanol–water partition coefficient (Wildman–Crippen LogP) is 3.65. The van der Waals surface area contributed by atoms with Gasteiger partial charge in [-0.15, -0.1) is 0 Å². The second-order valence-electron chi connectivity index (χ2n) is 7.88. The van der Waals surface area contributed by atoms with Crippen LogP contribution in [0.3, 0.4) is 0 Å². The summed E-state index contributed by atoms with van der Waals surface area (Å²) in [5, 5.41) is 9.34. The first-order valence-electron chi connectivity index (χ1n) is 9.70. The van der Waals surface area contributed by atoms with Gasteiger partial charge in [0.05, 0.1) is 24.3 Å². The molecule has 150 valence electrons. The third-order valence-corrected chi connectivity index (χ3v) is 5.31. The number of aromatic amines is 1. The van der Waals surface area contributed by atoms with Gasteiger partial charge >= 0.3 is 5.97 Å². The van der Waals surface area contributed by atoms with Crippen molar-refractivity contribution in [3.05, 3.63) is 67.6 Å². The molecule has 1 aromatic heterocycles. The van der Waals surface area contributed by atoms with Crippen molar-refractivity contribution < 1.29 is 14.3 Å². The van der Waals surface area contributed by atoms with Crippen molar-refractivity contribution in [2.75, 3.05) is 7.11 Å². The molecule has 1 N–H and O–H groups in total. The standard InChI is InChI=1S/C23H24N2O4/c1-12(2)19-20(18(9-14-5-6-14)13(3)25-22(19)27)21(26)16-7-15(11-24)8-17(10-16)23(28)29-4/h7-8,10,12,14H,5-6,9H2,1-4H3,(H,25,27). The number of aromatic nitrogens is 1. The van der Waals surface area contributed by atoms with E-state index in [0.717, 1.165) is 24.8 Å². The third-order valence-electron chi connectivity index (χ3n) is 5.31. The number of aryl methyl sites for hydroxylation is 1. The smallest absolute Gasteiger partial charge is 0.337 e. The highest BCUT2D eigenvalue weighted by Crippen LogP contribution is 2.36. The van der Waals surface area contributed by atoms with Gasteiger partial charge in [-0.2, -0.15) is 5.26 Å². The first-order chi connectivity index (χ1) is 13.8. The number of hydrogen-bond acceptors (Lipinski definition) is 5. The molecule has 2 aromatic rings. The van der Waals surface area contributed by atoms with Crippen LogP contribution in [0.4, 0.5) is 0 Å². The number of hydrogen-bond donors (Lipinski definition) is 1. The Bertz CT molecular complexity index is 1090. The van der Waals surface area contributed by atoms with E-state index < -0.39 is 5.97 Å². The quantitative estimate of drug-likeness (QED) is 0.597. The van der Waals surface area contributed by atoms with Crippen molar-refractivity contribution in [1.29, 1.82) is 5.26 Å². The summed E-state index contributed by atoms with van der Waals surface area (Å²) in [6.07, 6.45) is 2.95. The normalized spacial score (nSPS) is 13.2. The van der Waals surface area contributed by atoms with Crippen LogP contribution in [-0.4, -0.2) is 23.8 Å². The molecule has 0 unspecified atom stereocenters. The highest BCUT2D eigenvalue weighted by molar-refractivity contribution is 6.12. The van der Waals surface area contributed by atoms with Crippen LogP contribution in [0.2, 0.25) is 0 Å². The fraction of sp³-hybridized carbons (Fsp3) is 0.391. The summed E-state index contributed by atoms with van der Waals surface area (Å²) in [5.74, 6) is -0.612. The fourth-order valence-corrected chi connectivity index (χ4v) is 3.66. The maximum Gasteiger partial charge on any atom is 0.337 e. The highest BCUT2D eigenvalue weighted by atomic mass is 16.5. The molecule has 6 nitrogen and oxygen atoms in total. The van der Waals surface area contributed by atoms with Crippen LogP contribution in [-0.2, 0) is 11.2 Å². The molecule has 0 saturated heterocycles. The molecule has 1 aliphatic rings. The van der Waals surface area contributed by atoms with Gasteiger partial charge in [0.15, 0.2) is 5.78 Å². The lowest BCUT2D eigenvalue weighted by Gasteiger charge is -2.18. The summed E-state index contributed by atoms with van der Waals surface area (Å²) in [6.45, 7) is 5.57. The van der Waals surface area contributed by atoms with Crippen molar-refractivity contribution in [3.8, 4) is 6.07 Å². The van der Waals surface area contributed by atoms with E-state index in [1.54, 1.807) is 0 Å². The van der Waals surface area contributed by atoms with Crippen molar-refractivity contribution in [2.45, 2.75) is 46.0 Å². The Morgan fingerprint density at radius 3 is 2.45 bits per heavy atom. The number of methoxy groups -OCH3 is 1. The van der Waals surface area contributed by atoms with E-state index in [9.17, 15) is 19.6 Å². The first-order valence-corrected chi connectivity index (χ1v) is 9.70. The van der Waals surface area contributed by atoms with Gasteiger partial charge in [0.2, 0.25) is 0 Å². The zero-order valence-corrected chi connectivity index (χ0v) is 17.1. The zero-order valence-electron chi connectivity index (χ0n) is 17.1. The zero-order chi connectivity index (χ0) is 21.3. The van der Waals surface area contributed by atoms with Gasteiger partial charge in [-0.1, -0.05) is 13.8 Å². The summed E-state index contributed by atoms with van der Waals surface area (Å²) in [6, 6.07) is 6.25. The van der Waals surface area contributed by atoms with Crippen LogP contribution in [0.5, 0.6) is 0 Å². The average molecular weight is 392 g/mol. The SMILES string of the molecule is COC(=O)c1cc(C#N)cc(C(=O)c2c(CC3CC3)c(C)[nH]c(=O)c2C(C)C)c1. The minimum absolute atomic E-state index is 0.131. The Morgan fingerprint density at radius 1 is 1.24 bits per heavy atom. The molecule has 1 aromatic carbocycles. The van der Waals surface area contributed by atoms with Crippen LogP contribution < -0.4 is 5.56 Å². The topological polar surface area (TPSA) is 100 Å². The second-order valence-corrected chi connectivity index (χ2v) is 7.88. The van der Waals surface area contributed by atoms with E-state index in [4.69, 9.17) is 4.74 Å². The van der Waals surface area contributed by atoms with Gasteiger partial charge in [-0.05, 0) is 61.8 Å². The Labute approximate surface area is 169 Å². The number of H-pyrrole nitrogens is 1. The fourth-order valence-electron chi connectivity index (χ4n) is 3.66. The number of nitrogens with one attached hydrogen (secondary N) is 1. The summed E-state index contributed by atoms with van der Waals surface area (Å²) in [5.41, 5.74) is 2.64. The van der Waals surface area contributed by atoms with E-state index in [1.165, 1.54) is 25.3 Å². The monoisotopic (exact) mass is 392 g/mol. The van der Waals surface area contributed by atoms with Crippen molar-refractivity contribution in [3.63, 3.8) is 0 Å². The molecule has 29 heavy (non-hydrogen) atoms. The number of benzene rings is 1. The first kappa shape index (κ1) is 20.5. The molecule has 0 spiro atoms. The van der Waals surface area contributed by atoms with Crippen LogP contribution >= 0.6 is 0 Å². The number of pyridine rings is 1. The lowest BCUT2D eigenvalue weighted by Crippen LogP contribution is -2.24. The molecule has 1 saturated carbocycles. The van der Waals surface area contributed by atoms with Crippen molar-refractivity contribution in [2.24, 2.45) is 5.92 Å². The third kappa shape index (κ3) is 4.14. The van der Waals surface area contributed by atoms with E-state index in [1.807, 2.05) is 26.8 Å². The average Bonchev–Trinajstić information content (AvgIpc) is 3.51. The minimum atomic E-state index is -0.625. The molecule has 0 atom stereocenters. The maximum absolute atomic E-state index is 13.6. The van der Waals surface area contributed by atoms with E-state index in [2.05, 4.69) is 4.98 Å². The maximum atomic E-state index is 13.6. The molecule has 0 amide bonds. The number of carbonyl (C=O) groups is 2. The predicted molar refractivity (Wildman–Crippen MR) is 108 cm³/mol. The Morgan fingerprint density at radius 2 is 1.90 bits per heavy atom. The molecule has 0 radical (unpaired) electrons. The summed E-state index contributed by atoms with van der Waals surface area (Å²) >= 11 is 0. The lowest BCUT2D eigenvalue weighted by molar-refractivity contribution is 0.0600. The Balaban J connectivity index is 2.24. The van der Waals surface area contributed by atoms with E-state index >= 15 is 0 Å². The van der Waals surface area contributed by atoms with E-state index in [0.29, 0.717) is 22.7 Å². The number of ketones is 1. The van der Waals surface area contributed by atoms with Gasteiger partial charge in [-0.25, -0.2) is 4.79 Å². The lowest BCUT2D eigenvalue weighted by atomic mass is 9.86. The molecular formula is C23H24N2O4. The van der Waals surface area contributed by atoms with Gasteiger partial charge in [0, 0.05) is 22.4 Å². The molecule has 1 fully saturated rings. The largest absolute Gasteiger partial charge is 0.465 e. The van der Waals surface area contributed by atoms with E-state index in [-0.39, 0.29) is 34.0 Å². The molecule has 0 aliphatic heterocycles. The number of esters is 1. The summed E-state index contributed by atoms with van der Waals surface area (Å²) in [7, 11) is 1.24. The van der Waals surface area contributed by atoms with Crippen LogP contribution in [0.25, 0.3) is 0 Å². The molecule has 0 bridgehead atoms. The number of nitriles is 1. The molecular weight excluding hydrogens is 368 g/mol. The van der Waals surface area contributed by atoms with Gasteiger partial charge in [0.1, 0.15) is 0 Å². The second kappa shape index (κ2) is 8.04. The molecule has 1 aliphatic carbocycles. The minimum Gasteiger partial charge on any atom is -0.465 e. The number of ether oxygens (including phenoxy) is 1. The molecule has 3 rings (SSSR count). The molecule has 1 heterocycles. The van der Waals surface area contributed by atoms with Crippen molar-refractivity contribution >= 4 is 11.8 Å². The molecule has 6 heteroatoms. The van der Waals surface area contributed by atoms with Crippen molar-refractivity contribution in [1.82, 2.24) is 4.98 Å². The van der Waals surface area contributed by atoms with Crippen LogP contribution in [0.1, 0.15) is 81.3 Å². The van der Waals surface area contributed by atoms with Gasteiger partial charge < -0.3 is 9.72 Å². The number of nitrogens with zero attached hydrogens (tertiary/aromatic N) is 1. The Kier molecular flexibility index (Phi) is 5.69. The summed E-state index contributed by atoms with van der Waals surface area (Å²) < 4.78 is 4.75. The van der Waals surface area contributed by atoms with Crippen LogP contribution in [0, 0.1) is 24.2 Å². The highest BCUT2D eigenvalue weighted by Gasteiger charge is 2.30. The number of carbonyl (C=O) groups excluding carboxylic acids is 2. The number of rotatable bonds is 6. The summed E-state index contributed by atoms with van der Waals surface area (Å²) in [4.78, 5) is 41.2. The van der Waals surface area contributed by atoms with Crippen LogP contribution in [0.15, 0.2) is 23.0 Å².